The molecule has 26 heavy (non-hydrogen) atoms. The lowest BCUT2D eigenvalue weighted by molar-refractivity contribution is 0.214. The number of ether oxygens (including phenoxy) is 5. The van der Waals surface area contributed by atoms with Gasteiger partial charge in [0.2, 0.25) is 0 Å². The summed E-state index contributed by atoms with van der Waals surface area (Å²) in [6, 6.07) is 9.72. The Morgan fingerprint density at radius 2 is 1.65 bits per heavy atom. The molecule has 0 spiro atoms. The fourth-order valence-corrected chi connectivity index (χ4v) is 3.22. The van der Waals surface area contributed by atoms with Gasteiger partial charge in [-0.3, -0.25) is 0 Å². The summed E-state index contributed by atoms with van der Waals surface area (Å²) in [5.74, 6) is 3.67. The zero-order valence-electron chi connectivity index (χ0n) is 15.6. The summed E-state index contributed by atoms with van der Waals surface area (Å²) >= 11 is 0. The molecule has 0 radical (unpaired) electrons. The monoisotopic (exact) mass is 356 g/mol. The number of rotatable bonds is 7. The summed E-state index contributed by atoms with van der Waals surface area (Å²) in [7, 11) is 4.87. The second-order valence-electron chi connectivity index (χ2n) is 6.08. The van der Waals surface area contributed by atoms with Crippen LogP contribution in [-0.2, 0) is 0 Å². The first-order valence-electron chi connectivity index (χ1n) is 8.47. The van der Waals surface area contributed by atoms with Crippen molar-refractivity contribution in [2.45, 2.75) is 18.9 Å². The highest BCUT2D eigenvalue weighted by atomic mass is 16.5. The quantitative estimate of drug-likeness (QED) is 0.683. The van der Waals surface area contributed by atoms with Crippen LogP contribution in [0.15, 0.2) is 43.0 Å². The number of hydrogen-bond acceptors (Lipinski definition) is 5. The smallest absolute Gasteiger partial charge is 0.164 e. The van der Waals surface area contributed by atoms with Gasteiger partial charge < -0.3 is 23.7 Å². The molecular formula is C21H24O5. The Morgan fingerprint density at radius 3 is 2.31 bits per heavy atom. The molecular weight excluding hydrogens is 332 g/mol. The van der Waals surface area contributed by atoms with Crippen molar-refractivity contribution >= 4 is 0 Å². The maximum absolute atomic E-state index is 6.23. The molecule has 0 N–H and O–H groups in total. The summed E-state index contributed by atoms with van der Waals surface area (Å²) in [6.45, 7) is 6.24. The molecule has 1 unspecified atom stereocenters. The van der Waals surface area contributed by atoms with E-state index >= 15 is 0 Å². The van der Waals surface area contributed by atoms with Gasteiger partial charge in [-0.2, -0.15) is 0 Å². The highest BCUT2D eigenvalue weighted by Gasteiger charge is 2.34. The van der Waals surface area contributed by atoms with Crippen LogP contribution in [0.4, 0.5) is 0 Å². The standard InChI is InChI=1S/C21H24O5/c1-6-9-25-20-11-15-13(2)21(26-17(15)12-19(20)24-5)14-7-8-16(22-3)18(10-14)23-4/h6-8,10-13,21H,1,9H2,2-5H3/t13?,21-/m1/s1. The zero-order valence-corrected chi connectivity index (χ0v) is 15.6. The molecule has 5 heteroatoms. The first-order valence-corrected chi connectivity index (χ1v) is 8.47. The van der Waals surface area contributed by atoms with Crippen LogP contribution in [0.25, 0.3) is 0 Å². The number of methoxy groups -OCH3 is 3. The van der Waals surface area contributed by atoms with E-state index < -0.39 is 0 Å². The molecule has 2 aromatic carbocycles. The van der Waals surface area contributed by atoms with Crippen LogP contribution < -0.4 is 23.7 Å². The van der Waals surface area contributed by atoms with Gasteiger partial charge in [-0.25, -0.2) is 0 Å². The molecule has 0 aliphatic carbocycles. The van der Waals surface area contributed by atoms with E-state index in [0.29, 0.717) is 29.6 Å². The molecule has 0 saturated heterocycles. The molecule has 0 saturated carbocycles. The molecule has 2 atom stereocenters. The lowest BCUT2D eigenvalue weighted by atomic mass is 9.92. The molecule has 2 aromatic rings. The van der Waals surface area contributed by atoms with Gasteiger partial charge >= 0.3 is 0 Å². The SMILES string of the molecule is C=CCOc1cc2c(cc1OC)O[C@@H](c1ccc(OC)c(OC)c1)C2C. The Bertz CT molecular complexity index is 799. The maximum atomic E-state index is 6.23. The fourth-order valence-electron chi connectivity index (χ4n) is 3.22. The van der Waals surface area contributed by atoms with Crippen LogP contribution in [0, 0.1) is 0 Å². The van der Waals surface area contributed by atoms with E-state index in [0.717, 1.165) is 16.9 Å². The topological polar surface area (TPSA) is 46.2 Å². The van der Waals surface area contributed by atoms with Gasteiger partial charge in [0.15, 0.2) is 23.0 Å². The lowest BCUT2D eigenvalue weighted by Gasteiger charge is -2.17. The van der Waals surface area contributed by atoms with Crippen molar-refractivity contribution in [3.05, 3.63) is 54.1 Å². The van der Waals surface area contributed by atoms with E-state index in [-0.39, 0.29) is 12.0 Å². The molecule has 1 aliphatic heterocycles. The normalized spacial score (nSPS) is 17.8. The molecule has 0 aromatic heterocycles. The van der Waals surface area contributed by atoms with Crippen molar-refractivity contribution in [3.8, 4) is 28.7 Å². The Morgan fingerprint density at radius 1 is 0.962 bits per heavy atom. The Labute approximate surface area is 154 Å². The average Bonchev–Trinajstić information content (AvgIpc) is 3.00. The van der Waals surface area contributed by atoms with Gasteiger partial charge in [0.1, 0.15) is 18.5 Å². The molecule has 0 bridgehead atoms. The van der Waals surface area contributed by atoms with E-state index in [4.69, 9.17) is 23.7 Å². The van der Waals surface area contributed by atoms with Crippen molar-refractivity contribution in [2.24, 2.45) is 0 Å². The minimum atomic E-state index is -0.121. The third kappa shape index (κ3) is 3.17. The van der Waals surface area contributed by atoms with Crippen LogP contribution in [0.3, 0.4) is 0 Å². The Hall–Kier alpha value is -2.82. The molecule has 0 fully saturated rings. The van der Waals surface area contributed by atoms with Crippen LogP contribution in [0.2, 0.25) is 0 Å². The van der Waals surface area contributed by atoms with Crippen molar-refractivity contribution in [3.63, 3.8) is 0 Å². The minimum absolute atomic E-state index is 0.121. The molecule has 3 rings (SSSR count). The highest BCUT2D eigenvalue weighted by Crippen LogP contribution is 2.50. The minimum Gasteiger partial charge on any atom is -0.493 e. The van der Waals surface area contributed by atoms with Gasteiger partial charge in [0, 0.05) is 17.5 Å². The second-order valence-corrected chi connectivity index (χ2v) is 6.08. The summed E-state index contributed by atoms with van der Waals surface area (Å²) in [4.78, 5) is 0. The van der Waals surface area contributed by atoms with Gasteiger partial charge in [-0.15, -0.1) is 0 Å². The summed E-state index contributed by atoms with van der Waals surface area (Å²) < 4.78 is 28.1. The lowest BCUT2D eigenvalue weighted by Crippen LogP contribution is -2.07. The van der Waals surface area contributed by atoms with Crippen molar-refractivity contribution in [2.75, 3.05) is 27.9 Å². The van der Waals surface area contributed by atoms with E-state index in [1.54, 1.807) is 27.4 Å². The van der Waals surface area contributed by atoms with Crippen molar-refractivity contribution < 1.29 is 23.7 Å². The average molecular weight is 356 g/mol. The molecule has 1 aliphatic rings. The van der Waals surface area contributed by atoms with E-state index in [1.807, 2.05) is 30.3 Å². The van der Waals surface area contributed by atoms with Crippen LogP contribution in [-0.4, -0.2) is 27.9 Å². The summed E-state index contributed by atoms with van der Waals surface area (Å²) in [5.41, 5.74) is 2.11. The van der Waals surface area contributed by atoms with Crippen molar-refractivity contribution in [1.82, 2.24) is 0 Å². The molecule has 1 heterocycles. The van der Waals surface area contributed by atoms with Gasteiger partial charge in [0.05, 0.1) is 21.3 Å². The van der Waals surface area contributed by atoms with Crippen molar-refractivity contribution in [1.29, 1.82) is 0 Å². The summed E-state index contributed by atoms with van der Waals surface area (Å²) in [6.07, 6.45) is 1.59. The number of fused-ring (bicyclic) bond motifs is 1. The molecule has 138 valence electrons. The van der Waals surface area contributed by atoms with E-state index in [2.05, 4.69) is 13.5 Å². The van der Waals surface area contributed by atoms with Crippen LogP contribution >= 0.6 is 0 Å². The first kappa shape index (κ1) is 18.0. The predicted molar refractivity (Wildman–Crippen MR) is 100 cm³/mol. The second kappa shape index (κ2) is 7.60. The van der Waals surface area contributed by atoms with E-state index in [9.17, 15) is 0 Å². The largest absolute Gasteiger partial charge is 0.493 e. The third-order valence-electron chi connectivity index (χ3n) is 4.59. The van der Waals surface area contributed by atoms with Crippen LogP contribution in [0.1, 0.15) is 30.1 Å². The van der Waals surface area contributed by atoms with Gasteiger partial charge in [-0.1, -0.05) is 25.6 Å². The molecule has 0 amide bonds. The third-order valence-corrected chi connectivity index (χ3v) is 4.59. The maximum Gasteiger partial charge on any atom is 0.164 e. The Balaban J connectivity index is 1.94. The van der Waals surface area contributed by atoms with Crippen LogP contribution in [0.5, 0.6) is 28.7 Å². The number of hydrogen-bond donors (Lipinski definition) is 0. The molecule has 5 nitrogen and oxygen atoms in total. The number of benzene rings is 2. The highest BCUT2D eigenvalue weighted by molar-refractivity contribution is 5.55. The van der Waals surface area contributed by atoms with Gasteiger partial charge in [0.25, 0.3) is 0 Å². The zero-order chi connectivity index (χ0) is 18.7. The van der Waals surface area contributed by atoms with E-state index in [1.165, 1.54) is 0 Å². The van der Waals surface area contributed by atoms with Gasteiger partial charge in [-0.05, 0) is 23.8 Å². The summed E-state index contributed by atoms with van der Waals surface area (Å²) in [5, 5.41) is 0. The fraction of sp³-hybridized carbons (Fsp3) is 0.333. The Kier molecular flexibility index (Phi) is 5.26. The predicted octanol–water partition coefficient (Wildman–Crippen LogP) is 4.51. The first-order chi connectivity index (χ1) is 12.6.